The fourth-order valence-electron chi connectivity index (χ4n) is 4.02. The SMILES string of the molecule is Cc1cn2nc(-c3cc(F)c4nc(C(=O)NC5CN(C(C)C)C5)cn4c3)cc2c(C)n1. The summed E-state index contributed by atoms with van der Waals surface area (Å²) in [6, 6.07) is 3.83. The van der Waals surface area contributed by atoms with Crippen molar-refractivity contribution in [3.63, 3.8) is 0 Å². The number of carbonyl (C=O) groups excluding carboxylic acids is 1. The van der Waals surface area contributed by atoms with Gasteiger partial charge >= 0.3 is 0 Å². The van der Waals surface area contributed by atoms with Crippen molar-refractivity contribution in [3.05, 3.63) is 53.6 Å². The number of rotatable bonds is 4. The Morgan fingerprint density at radius 2 is 1.94 bits per heavy atom. The molecule has 1 amide bonds. The molecule has 0 aromatic carbocycles. The Kier molecular flexibility index (Phi) is 4.51. The van der Waals surface area contributed by atoms with Crippen molar-refractivity contribution in [2.75, 3.05) is 13.1 Å². The summed E-state index contributed by atoms with van der Waals surface area (Å²) in [5.74, 6) is -0.794. The molecule has 0 saturated carbocycles. The number of nitrogens with one attached hydrogen (secondary N) is 1. The fourth-order valence-corrected chi connectivity index (χ4v) is 4.02. The van der Waals surface area contributed by atoms with Crippen LogP contribution in [0.5, 0.6) is 0 Å². The van der Waals surface area contributed by atoms with Gasteiger partial charge in [-0.1, -0.05) is 0 Å². The molecule has 0 spiro atoms. The summed E-state index contributed by atoms with van der Waals surface area (Å²) in [5, 5.41) is 7.54. The highest BCUT2D eigenvalue weighted by Crippen LogP contribution is 2.24. The van der Waals surface area contributed by atoms with Gasteiger partial charge in [0.25, 0.3) is 5.91 Å². The number of amides is 1. The second-order valence-corrected chi connectivity index (χ2v) is 8.48. The van der Waals surface area contributed by atoms with Crippen molar-refractivity contribution < 1.29 is 9.18 Å². The van der Waals surface area contributed by atoms with Crippen LogP contribution in [0.15, 0.2) is 30.7 Å². The lowest BCUT2D eigenvalue weighted by molar-refractivity contribution is 0.0710. The molecular formula is C22H24FN7O. The molecule has 160 valence electrons. The van der Waals surface area contributed by atoms with Gasteiger partial charge in [0.2, 0.25) is 0 Å². The minimum absolute atomic E-state index is 0.0957. The van der Waals surface area contributed by atoms with E-state index in [0.29, 0.717) is 17.3 Å². The minimum Gasteiger partial charge on any atom is -0.345 e. The highest BCUT2D eigenvalue weighted by Gasteiger charge is 2.30. The molecule has 1 aliphatic heterocycles. The number of nitrogens with zero attached hydrogens (tertiary/aromatic N) is 6. The van der Waals surface area contributed by atoms with E-state index in [1.807, 2.05) is 26.1 Å². The zero-order valence-corrected chi connectivity index (χ0v) is 17.9. The van der Waals surface area contributed by atoms with Gasteiger partial charge in [-0.25, -0.2) is 13.9 Å². The molecule has 1 saturated heterocycles. The van der Waals surface area contributed by atoms with Crippen molar-refractivity contribution in [1.29, 1.82) is 0 Å². The van der Waals surface area contributed by atoms with Crippen molar-refractivity contribution in [3.8, 4) is 11.3 Å². The maximum atomic E-state index is 14.8. The van der Waals surface area contributed by atoms with E-state index in [4.69, 9.17) is 0 Å². The lowest BCUT2D eigenvalue weighted by Gasteiger charge is -2.42. The number of carbonyl (C=O) groups is 1. The van der Waals surface area contributed by atoms with Crippen molar-refractivity contribution >= 4 is 17.1 Å². The molecule has 31 heavy (non-hydrogen) atoms. The highest BCUT2D eigenvalue weighted by molar-refractivity contribution is 5.93. The van der Waals surface area contributed by atoms with Crippen molar-refractivity contribution in [2.45, 2.75) is 39.8 Å². The maximum Gasteiger partial charge on any atom is 0.271 e. The minimum atomic E-state index is -0.505. The summed E-state index contributed by atoms with van der Waals surface area (Å²) in [6.45, 7) is 9.71. The van der Waals surface area contributed by atoms with Crippen LogP contribution >= 0.6 is 0 Å². The second-order valence-electron chi connectivity index (χ2n) is 8.48. The molecule has 1 fully saturated rings. The first kappa shape index (κ1) is 19.6. The topological polar surface area (TPSA) is 79.8 Å². The van der Waals surface area contributed by atoms with E-state index in [2.05, 4.69) is 39.1 Å². The number of halogens is 1. The average molecular weight is 421 g/mol. The molecule has 0 aliphatic carbocycles. The van der Waals surface area contributed by atoms with Crippen molar-refractivity contribution in [2.24, 2.45) is 0 Å². The number of pyridine rings is 1. The van der Waals surface area contributed by atoms with Crippen LogP contribution in [0.2, 0.25) is 0 Å². The second kappa shape index (κ2) is 7.12. The first-order valence-electron chi connectivity index (χ1n) is 10.4. The third-order valence-corrected chi connectivity index (χ3v) is 5.77. The third-order valence-electron chi connectivity index (χ3n) is 5.77. The molecule has 0 atom stereocenters. The van der Waals surface area contributed by atoms with Crippen LogP contribution < -0.4 is 5.32 Å². The molecule has 0 bridgehead atoms. The Hall–Kier alpha value is -3.33. The van der Waals surface area contributed by atoms with Gasteiger partial charge in [-0.15, -0.1) is 0 Å². The number of likely N-dealkylation sites (tertiary alicyclic amines) is 1. The van der Waals surface area contributed by atoms with Crippen LogP contribution in [-0.4, -0.2) is 60.0 Å². The van der Waals surface area contributed by atoms with E-state index in [1.165, 1.54) is 6.07 Å². The molecule has 1 aliphatic rings. The van der Waals surface area contributed by atoms with Crippen LogP contribution in [0.4, 0.5) is 4.39 Å². The largest absolute Gasteiger partial charge is 0.345 e. The van der Waals surface area contributed by atoms with Crippen LogP contribution in [0, 0.1) is 19.7 Å². The van der Waals surface area contributed by atoms with Gasteiger partial charge in [0.05, 0.1) is 34.8 Å². The summed E-state index contributed by atoms with van der Waals surface area (Å²) in [7, 11) is 0. The van der Waals surface area contributed by atoms with E-state index in [0.717, 1.165) is 30.0 Å². The molecular weight excluding hydrogens is 397 g/mol. The van der Waals surface area contributed by atoms with Gasteiger partial charge in [0.1, 0.15) is 5.69 Å². The number of aromatic nitrogens is 5. The van der Waals surface area contributed by atoms with E-state index >= 15 is 0 Å². The first-order valence-corrected chi connectivity index (χ1v) is 10.4. The highest BCUT2D eigenvalue weighted by atomic mass is 19.1. The van der Waals surface area contributed by atoms with Crippen molar-refractivity contribution in [1.82, 2.24) is 34.2 Å². The molecule has 0 radical (unpaired) electrons. The van der Waals surface area contributed by atoms with Crippen LogP contribution in [0.3, 0.4) is 0 Å². The molecule has 1 N–H and O–H groups in total. The summed E-state index contributed by atoms with van der Waals surface area (Å²) >= 11 is 0. The summed E-state index contributed by atoms with van der Waals surface area (Å²) < 4.78 is 18.1. The number of aryl methyl sites for hydroxylation is 2. The molecule has 5 heterocycles. The number of hydrogen-bond donors (Lipinski definition) is 1. The Morgan fingerprint density at radius 1 is 1.16 bits per heavy atom. The van der Waals surface area contributed by atoms with Crippen LogP contribution in [0.25, 0.3) is 22.4 Å². The predicted molar refractivity (Wildman–Crippen MR) is 115 cm³/mol. The van der Waals surface area contributed by atoms with Gasteiger partial charge in [0.15, 0.2) is 11.5 Å². The quantitative estimate of drug-likeness (QED) is 0.548. The van der Waals surface area contributed by atoms with E-state index < -0.39 is 5.82 Å². The van der Waals surface area contributed by atoms with Gasteiger partial charge in [-0.2, -0.15) is 5.10 Å². The standard InChI is InChI=1S/C22H24FN7O/c1-12(2)28-9-16(10-28)25-22(31)19-11-29-8-15(5-17(23)21(29)26-19)18-6-20-14(4)24-13(3)7-30(20)27-18/h5-8,11-12,16H,9-10H2,1-4H3,(H,25,31). The average Bonchev–Trinajstić information content (AvgIpc) is 3.28. The van der Waals surface area contributed by atoms with Gasteiger partial charge < -0.3 is 9.72 Å². The number of fused-ring (bicyclic) bond motifs is 2. The van der Waals surface area contributed by atoms with Crippen LogP contribution in [-0.2, 0) is 0 Å². The normalized spacial score (nSPS) is 15.2. The molecule has 5 rings (SSSR count). The fraction of sp³-hybridized carbons (Fsp3) is 0.364. The Bertz CT molecular complexity index is 1320. The third kappa shape index (κ3) is 3.44. The number of hydrogen-bond acceptors (Lipinski definition) is 5. The Morgan fingerprint density at radius 3 is 2.68 bits per heavy atom. The Labute approximate surface area is 178 Å². The zero-order valence-electron chi connectivity index (χ0n) is 17.9. The smallest absolute Gasteiger partial charge is 0.271 e. The lowest BCUT2D eigenvalue weighted by atomic mass is 10.1. The monoisotopic (exact) mass is 421 g/mol. The number of imidazole rings is 1. The van der Waals surface area contributed by atoms with E-state index in [-0.39, 0.29) is 23.3 Å². The molecule has 0 unspecified atom stereocenters. The Balaban J connectivity index is 1.44. The first-order chi connectivity index (χ1) is 14.8. The zero-order chi connectivity index (χ0) is 21.9. The molecule has 4 aromatic heterocycles. The molecule has 9 heteroatoms. The summed E-state index contributed by atoms with van der Waals surface area (Å²) in [5.41, 5.74) is 4.11. The van der Waals surface area contributed by atoms with E-state index in [1.54, 1.807) is 21.3 Å². The summed E-state index contributed by atoms with van der Waals surface area (Å²) in [6.07, 6.45) is 5.13. The summed E-state index contributed by atoms with van der Waals surface area (Å²) in [4.78, 5) is 23.5. The maximum absolute atomic E-state index is 14.8. The van der Waals surface area contributed by atoms with E-state index in [9.17, 15) is 9.18 Å². The van der Waals surface area contributed by atoms with Gasteiger partial charge in [-0.05, 0) is 39.8 Å². The van der Waals surface area contributed by atoms with Gasteiger partial charge in [-0.3, -0.25) is 14.7 Å². The molecule has 8 nitrogen and oxygen atoms in total. The molecule has 4 aromatic rings. The van der Waals surface area contributed by atoms with Gasteiger partial charge in [0, 0.05) is 37.1 Å². The predicted octanol–water partition coefficient (Wildman–Crippen LogP) is 2.62. The lowest BCUT2D eigenvalue weighted by Crippen LogP contribution is -2.61. The van der Waals surface area contributed by atoms with Crippen LogP contribution in [0.1, 0.15) is 35.7 Å².